The molecule has 0 spiro atoms. The van der Waals surface area contributed by atoms with Crippen LogP contribution in [0.25, 0.3) is 0 Å². The Morgan fingerprint density at radius 1 is 0.730 bits per heavy atom. The molecule has 0 bridgehead atoms. The lowest BCUT2D eigenvalue weighted by Crippen LogP contribution is -2.98. The summed E-state index contributed by atoms with van der Waals surface area (Å²) >= 11 is 0. The third-order valence-electron chi connectivity index (χ3n) is 4.79. The Morgan fingerprint density at radius 3 is 1.57 bits per heavy atom. The number of hydrogen-bond acceptors (Lipinski definition) is 4. The van der Waals surface area contributed by atoms with Crippen molar-refractivity contribution < 1.29 is 28.3 Å². The lowest BCUT2D eigenvalue weighted by Gasteiger charge is -2.07. The average molecular weight is 534 g/mol. The number of carboxylic acid groups (broad SMARTS) is 1. The molecule has 0 aliphatic heterocycles. The number of hydrogen-bond donors (Lipinski definition) is 6. The highest BCUT2D eigenvalue weighted by Crippen LogP contribution is 2.15. The zero-order valence-electron chi connectivity index (χ0n) is 22.2. The Bertz CT molecular complexity index is 1050. The maximum atomic E-state index is 11.7. The van der Waals surface area contributed by atoms with Gasteiger partial charge in [-0.3, -0.25) is 21.3 Å². The van der Waals surface area contributed by atoms with E-state index < -0.39 is 21.6 Å². The Labute approximate surface area is 220 Å². The van der Waals surface area contributed by atoms with Gasteiger partial charge in [0.2, 0.25) is 0 Å². The topological polar surface area (TPSA) is 150 Å². The number of aliphatic carboxylic acids is 1. The number of sulfone groups is 1. The van der Waals surface area contributed by atoms with Crippen molar-refractivity contribution >= 4 is 27.7 Å². The molecule has 0 aliphatic carbocycles. The van der Waals surface area contributed by atoms with E-state index in [0.29, 0.717) is 13.1 Å². The number of rotatable bonds is 11. The van der Waals surface area contributed by atoms with Gasteiger partial charge in [0.15, 0.2) is 16.5 Å². The predicted octanol–water partition coefficient (Wildman–Crippen LogP) is -2.94. The summed E-state index contributed by atoms with van der Waals surface area (Å²) in [6.45, 7) is 12.5. The van der Waals surface area contributed by atoms with Gasteiger partial charge in [-0.15, -0.1) is 0 Å². The standard InChI is InChI=1S/C15H14O4S.C11H26N6/c16-15(17)11-20(18,19)14-8-6-13(7-9-14)10-12-4-2-1-3-5-12;1-5-12-10(13-6-2)16-9-17-11(14-7-3)15-8-4/h1-9H,10-11H2,(H,16,17);5-9H2,1-4H3,(H2,12,13,16)(H2,14,15,17)/p+1. The summed E-state index contributed by atoms with van der Waals surface area (Å²) in [4.78, 5) is 16.9. The van der Waals surface area contributed by atoms with E-state index in [1.54, 1.807) is 12.1 Å². The number of carbonyl (C=O) groups excluding carboxylic acids is 1. The second-order valence-electron chi connectivity index (χ2n) is 7.84. The number of nitrogens with one attached hydrogen (secondary N) is 6. The number of guanidine groups is 2. The summed E-state index contributed by atoms with van der Waals surface area (Å²) < 4.78 is 23.4. The maximum Gasteiger partial charge on any atom is 0.345 e. The largest absolute Gasteiger partial charge is 0.549 e. The molecule has 11 heteroatoms. The van der Waals surface area contributed by atoms with Crippen molar-refractivity contribution in [1.82, 2.24) is 21.3 Å². The Morgan fingerprint density at radius 2 is 1.16 bits per heavy atom. The van der Waals surface area contributed by atoms with E-state index in [2.05, 4.69) is 58.9 Å². The molecule has 2 aromatic rings. The van der Waals surface area contributed by atoms with Crippen molar-refractivity contribution in [3.63, 3.8) is 0 Å². The smallest absolute Gasteiger partial charge is 0.345 e. The van der Waals surface area contributed by atoms with E-state index in [0.717, 1.165) is 49.2 Å². The van der Waals surface area contributed by atoms with Gasteiger partial charge in [0, 0.05) is 0 Å². The fourth-order valence-electron chi connectivity index (χ4n) is 3.19. The number of carboxylic acids is 1. The van der Waals surface area contributed by atoms with Gasteiger partial charge >= 0.3 is 11.9 Å². The predicted molar refractivity (Wildman–Crippen MR) is 144 cm³/mol. The Hall–Kier alpha value is -3.60. The zero-order chi connectivity index (χ0) is 27.5. The fourth-order valence-corrected chi connectivity index (χ4v) is 4.22. The van der Waals surface area contributed by atoms with Crippen molar-refractivity contribution in [2.24, 2.45) is 0 Å². The lowest BCUT2D eigenvalue weighted by atomic mass is 10.1. The first kappa shape index (κ1) is 31.4. The molecule has 37 heavy (non-hydrogen) atoms. The number of benzene rings is 2. The van der Waals surface area contributed by atoms with Crippen molar-refractivity contribution in [3.05, 3.63) is 65.7 Å². The molecule has 0 atom stereocenters. The van der Waals surface area contributed by atoms with Crippen LogP contribution in [0.15, 0.2) is 59.5 Å². The monoisotopic (exact) mass is 533 g/mol. The number of carbonyl (C=O) groups is 1. The molecule has 204 valence electrons. The van der Waals surface area contributed by atoms with Crippen LogP contribution >= 0.6 is 0 Å². The van der Waals surface area contributed by atoms with Crippen molar-refractivity contribution in [1.29, 1.82) is 0 Å². The van der Waals surface area contributed by atoms with E-state index in [1.807, 2.05) is 30.3 Å². The molecule has 0 fully saturated rings. The van der Waals surface area contributed by atoms with Gasteiger partial charge in [-0.1, -0.05) is 42.5 Å². The van der Waals surface area contributed by atoms with Crippen LogP contribution in [-0.4, -0.2) is 64.9 Å². The van der Waals surface area contributed by atoms with Crippen LogP contribution in [0.4, 0.5) is 0 Å². The SMILES string of the molecule is CCNC(NCC)=[NH+]C[NH+]=C(NCC)NCC.O=C([O-])CS(=O)(=O)c1ccc(Cc2ccccc2)cc1. The highest BCUT2D eigenvalue weighted by atomic mass is 32.2. The van der Waals surface area contributed by atoms with Crippen LogP contribution in [0.3, 0.4) is 0 Å². The molecule has 10 nitrogen and oxygen atoms in total. The molecule has 0 saturated carbocycles. The minimum Gasteiger partial charge on any atom is -0.549 e. The van der Waals surface area contributed by atoms with E-state index in [-0.39, 0.29) is 4.90 Å². The van der Waals surface area contributed by atoms with Gasteiger partial charge in [0.05, 0.1) is 42.8 Å². The highest BCUT2D eigenvalue weighted by Gasteiger charge is 2.14. The van der Waals surface area contributed by atoms with Gasteiger partial charge in [-0.2, -0.15) is 0 Å². The summed E-state index contributed by atoms with van der Waals surface area (Å²) in [5.74, 6) is -0.687. The van der Waals surface area contributed by atoms with Gasteiger partial charge < -0.3 is 9.90 Å². The second-order valence-corrected chi connectivity index (χ2v) is 9.83. The molecule has 0 aromatic heterocycles. The van der Waals surface area contributed by atoms with Gasteiger partial charge in [-0.05, 0) is 57.4 Å². The van der Waals surface area contributed by atoms with Crippen molar-refractivity contribution in [2.45, 2.75) is 39.0 Å². The minimum absolute atomic E-state index is 0.00138. The first-order valence-corrected chi connectivity index (χ1v) is 14.1. The zero-order valence-corrected chi connectivity index (χ0v) is 23.0. The van der Waals surface area contributed by atoms with Crippen LogP contribution in [-0.2, 0) is 21.1 Å². The van der Waals surface area contributed by atoms with Crippen molar-refractivity contribution in [2.75, 3.05) is 38.6 Å². The van der Waals surface area contributed by atoms with E-state index in [4.69, 9.17) is 0 Å². The molecule has 0 radical (unpaired) electrons. The molecule has 0 aliphatic rings. The maximum absolute atomic E-state index is 11.7. The lowest BCUT2D eigenvalue weighted by molar-refractivity contribution is -0.683. The Balaban J connectivity index is 0.000000377. The second kappa shape index (κ2) is 17.8. The van der Waals surface area contributed by atoms with Crippen LogP contribution in [0.5, 0.6) is 0 Å². The third kappa shape index (κ3) is 13.3. The fraction of sp³-hybridized carbons (Fsp3) is 0.423. The van der Waals surface area contributed by atoms with E-state index in [9.17, 15) is 18.3 Å². The molecule has 0 unspecified atom stereocenters. The summed E-state index contributed by atoms with van der Waals surface area (Å²) in [5, 5.41) is 23.3. The minimum atomic E-state index is -3.81. The molecule has 0 heterocycles. The molecule has 2 rings (SSSR count). The first-order valence-electron chi connectivity index (χ1n) is 12.5. The van der Waals surface area contributed by atoms with Crippen LogP contribution in [0.2, 0.25) is 0 Å². The third-order valence-corrected chi connectivity index (χ3v) is 6.39. The van der Waals surface area contributed by atoms with Gasteiger partial charge in [0.25, 0.3) is 0 Å². The molecule has 6 N–H and O–H groups in total. The highest BCUT2D eigenvalue weighted by molar-refractivity contribution is 7.92. The molecule has 0 saturated heterocycles. The molecular formula is C26H41N6O4S+. The van der Waals surface area contributed by atoms with Gasteiger partial charge in [-0.25, -0.2) is 18.4 Å². The quantitative estimate of drug-likeness (QED) is 0.102. The van der Waals surface area contributed by atoms with Crippen LogP contribution in [0.1, 0.15) is 38.8 Å². The normalized spacial score (nSPS) is 10.3. The molecule has 2 aromatic carbocycles. The summed E-state index contributed by atoms with van der Waals surface area (Å²) in [6, 6.07) is 16.0. The Kier molecular flexibility index (Phi) is 15.1. The summed E-state index contributed by atoms with van der Waals surface area (Å²) in [6.07, 6.45) is 0.696. The van der Waals surface area contributed by atoms with Crippen LogP contribution in [0, 0.1) is 0 Å². The van der Waals surface area contributed by atoms with Crippen molar-refractivity contribution in [3.8, 4) is 0 Å². The molecule has 0 amide bonds. The first-order chi connectivity index (χ1) is 17.7. The summed E-state index contributed by atoms with van der Waals surface area (Å²) in [5.41, 5.74) is 2.08. The van der Waals surface area contributed by atoms with Gasteiger partial charge in [0.1, 0.15) is 0 Å². The molecular weight excluding hydrogens is 492 g/mol. The summed E-state index contributed by atoms with van der Waals surface area (Å²) in [7, 11) is -3.81. The van der Waals surface area contributed by atoms with E-state index in [1.165, 1.54) is 12.1 Å². The van der Waals surface area contributed by atoms with Crippen LogP contribution < -0.4 is 36.4 Å². The van der Waals surface area contributed by atoms with E-state index >= 15 is 0 Å². The average Bonchev–Trinajstić information content (AvgIpc) is 2.85.